The summed E-state index contributed by atoms with van der Waals surface area (Å²) >= 11 is 0. The highest BCUT2D eigenvalue weighted by Crippen LogP contribution is 2.21. The Kier molecular flexibility index (Phi) is 4.99. The average molecular weight is 350 g/mol. The Morgan fingerprint density at radius 1 is 1.00 bits per heavy atom. The fourth-order valence-electron chi connectivity index (χ4n) is 1.74. The molecule has 2 rings (SSSR count). The van der Waals surface area contributed by atoms with E-state index in [-0.39, 0.29) is 22.5 Å². The van der Waals surface area contributed by atoms with Crippen LogP contribution in [0.2, 0.25) is 0 Å². The smallest absolute Gasteiger partial charge is 0.261 e. The maximum Gasteiger partial charge on any atom is 0.261 e. The first kappa shape index (κ1) is 17.2. The Labute approximate surface area is 138 Å². The van der Waals surface area contributed by atoms with Gasteiger partial charge in [-0.05, 0) is 36.4 Å². The van der Waals surface area contributed by atoms with Gasteiger partial charge in [0.2, 0.25) is 5.96 Å². The Morgan fingerprint density at radius 2 is 1.62 bits per heavy atom. The van der Waals surface area contributed by atoms with Crippen molar-refractivity contribution in [2.45, 2.75) is 4.90 Å². The van der Waals surface area contributed by atoms with Gasteiger partial charge in [0, 0.05) is 0 Å². The Bertz CT molecular complexity index is 890. The van der Waals surface area contributed by atoms with E-state index in [9.17, 15) is 12.8 Å². The number of para-hydroxylation sites is 1. The molecule has 0 aromatic heterocycles. The standard InChI is InChI=1S/C14H15FN6O2S/c15-11-3-1-2-4-12(11)21-24(22,23)10-7-5-9(6-8-10)19-14(18)20-13(16)17/h1-8,21H,(H6,16,17,18,19,20). The highest BCUT2D eigenvalue weighted by Gasteiger charge is 2.15. The van der Waals surface area contributed by atoms with Crippen molar-refractivity contribution in [1.29, 1.82) is 0 Å². The van der Waals surface area contributed by atoms with Crippen molar-refractivity contribution in [3.63, 3.8) is 0 Å². The van der Waals surface area contributed by atoms with Gasteiger partial charge in [-0.3, -0.25) is 4.72 Å². The number of rotatable bonds is 4. The van der Waals surface area contributed by atoms with Gasteiger partial charge in [0.05, 0.1) is 16.3 Å². The van der Waals surface area contributed by atoms with Crippen LogP contribution in [0.1, 0.15) is 0 Å². The molecule has 126 valence electrons. The molecule has 0 aliphatic rings. The van der Waals surface area contributed by atoms with Crippen molar-refractivity contribution in [3.8, 4) is 0 Å². The lowest BCUT2D eigenvalue weighted by Gasteiger charge is -2.09. The summed E-state index contributed by atoms with van der Waals surface area (Å²) in [5.41, 5.74) is 16.0. The molecule has 0 saturated carbocycles. The van der Waals surface area contributed by atoms with Gasteiger partial charge < -0.3 is 17.2 Å². The topological polar surface area (TPSA) is 149 Å². The molecule has 0 unspecified atom stereocenters. The number of sulfonamides is 1. The summed E-state index contributed by atoms with van der Waals surface area (Å²) in [6, 6.07) is 10.9. The summed E-state index contributed by atoms with van der Waals surface area (Å²) in [5, 5.41) is 0. The van der Waals surface area contributed by atoms with Gasteiger partial charge in [0.15, 0.2) is 5.96 Å². The van der Waals surface area contributed by atoms with Gasteiger partial charge in [-0.15, -0.1) is 0 Å². The number of nitrogens with one attached hydrogen (secondary N) is 1. The third-order valence-electron chi connectivity index (χ3n) is 2.75. The molecular weight excluding hydrogens is 335 g/mol. The Hall–Kier alpha value is -3.14. The molecule has 0 bridgehead atoms. The zero-order chi connectivity index (χ0) is 17.7. The van der Waals surface area contributed by atoms with Crippen molar-refractivity contribution in [2.75, 3.05) is 4.72 Å². The fourth-order valence-corrected chi connectivity index (χ4v) is 2.80. The number of nitrogens with zero attached hydrogens (tertiary/aromatic N) is 2. The van der Waals surface area contributed by atoms with Gasteiger partial charge in [0.25, 0.3) is 10.0 Å². The van der Waals surface area contributed by atoms with E-state index in [0.717, 1.165) is 6.07 Å². The quantitative estimate of drug-likeness (QED) is 0.476. The molecule has 0 spiro atoms. The molecule has 0 radical (unpaired) electrons. The molecule has 7 N–H and O–H groups in total. The minimum atomic E-state index is -3.94. The Morgan fingerprint density at radius 3 is 2.21 bits per heavy atom. The number of hydrogen-bond acceptors (Lipinski definition) is 3. The summed E-state index contributed by atoms with van der Waals surface area (Å²) < 4.78 is 40.2. The predicted molar refractivity (Wildman–Crippen MR) is 90.7 cm³/mol. The maximum absolute atomic E-state index is 13.6. The molecule has 0 fully saturated rings. The van der Waals surface area contributed by atoms with Gasteiger partial charge in [0.1, 0.15) is 5.82 Å². The van der Waals surface area contributed by atoms with E-state index in [2.05, 4.69) is 14.7 Å². The van der Waals surface area contributed by atoms with E-state index in [1.54, 1.807) is 0 Å². The SMILES string of the molecule is NC(N)=NC(N)=Nc1ccc(S(=O)(=O)Nc2ccccc2F)cc1. The molecule has 2 aromatic carbocycles. The number of nitrogens with two attached hydrogens (primary N) is 3. The lowest BCUT2D eigenvalue weighted by atomic mass is 10.3. The van der Waals surface area contributed by atoms with Crippen LogP contribution < -0.4 is 21.9 Å². The van der Waals surface area contributed by atoms with E-state index in [1.807, 2.05) is 0 Å². The van der Waals surface area contributed by atoms with Crippen molar-refractivity contribution in [3.05, 3.63) is 54.3 Å². The average Bonchev–Trinajstić information content (AvgIpc) is 2.49. The van der Waals surface area contributed by atoms with Crippen molar-refractivity contribution >= 4 is 33.3 Å². The van der Waals surface area contributed by atoms with Crippen molar-refractivity contribution < 1.29 is 12.8 Å². The predicted octanol–water partition coefficient (Wildman–Crippen LogP) is 0.846. The number of guanidine groups is 2. The second kappa shape index (κ2) is 6.96. The molecule has 0 aliphatic heterocycles. The molecule has 10 heteroatoms. The normalized spacial score (nSPS) is 11.8. The van der Waals surface area contributed by atoms with Crippen LogP contribution in [-0.4, -0.2) is 20.3 Å². The zero-order valence-corrected chi connectivity index (χ0v) is 13.2. The highest BCUT2D eigenvalue weighted by atomic mass is 32.2. The van der Waals surface area contributed by atoms with Crippen LogP contribution in [0, 0.1) is 5.82 Å². The number of aliphatic imine (C=N–C) groups is 2. The second-order valence-corrected chi connectivity index (χ2v) is 6.27. The lowest BCUT2D eigenvalue weighted by Crippen LogP contribution is -2.26. The van der Waals surface area contributed by atoms with Gasteiger partial charge in [-0.1, -0.05) is 12.1 Å². The maximum atomic E-state index is 13.6. The van der Waals surface area contributed by atoms with Crippen LogP contribution in [0.5, 0.6) is 0 Å². The number of halogens is 1. The van der Waals surface area contributed by atoms with Gasteiger partial charge in [-0.2, -0.15) is 4.99 Å². The molecule has 0 aliphatic carbocycles. The van der Waals surface area contributed by atoms with E-state index < -0.39 is 15.8 Å². The van der Waals surface area contributed by atoms with E-state index in [1.165, 1.54) is 42.5 Å². The third kappa shape index (κ3) is 4.43. The molecule has 8 nitrogen and oxygen atoms in total. The summed E-state index contributed by atoms with van der Waals surface area (Å²) in [5.74, 6) is -1.09. The second-order valence-electron chi connectivity index (χ2n) is 4.59. The molecule has 24 heavy (non-hydrogen) atoms. The largest absolute Gasteiger partial charge is 0.370 e. The fraction of sp³-hybridized carbons (Fsp3) is 0. The van der Waals surface area contributed by atoms with Crippen LogP contribution in [0.25, 0.3) is 0 Å². The van der Waals surface area contributed by atoms with Crippen LogP contribution >= 0.6 is 0 Å². The van der Waals surface area contributed by atoms with Crippen LogP contribution in [0.3, 0.4) is 0 Å². The van der Waals surface area contributed by atoms with E-state index in [0.29, 0.717) is 5.69 Å². The van der Waals surface area contributed by atoms with Crippen molar-refractivity contribution in [1.82, 2.24) is 0 Å². The first-order valence-electron chi connectivity index (χ1n) is 6.59. The van der Waals surface area contributed by atoms with Crippen LogP contribution in [0.15, 0.2) is 63.4 Å². The first-order valence-corrected chi connectivity index (χ1v) is 8.07. The van der Waals surface area contributed by atoms with Crippen LogP contribution in [-0.2, 0) is 10.0 Å². The first-order chi connectivity index (χ1) is 11.3. The van der Waals surface area contributed by atoms with Crippen molar-refractivity contribution in [2.24, 2.45) is 27.2 Å². The number of benzene rings is 2. The lowest BCUT2D eigenvalue weighted by molar-refractivity contribution is 0.598. The summed E-state index contributed by atoms with van der Waals surface area (Å²) in [6.07, 6.45) is 0. The highest BCUT2D eigenvalue weighted by molar-refractivity contribution is 7.92. The van der Waals surface area contributed by atoms with Crippen LogP contribution in [0.4, 0.5) is 15.8 Å². The third-order valence-corrected chi connectivity index (χ3v) is 4.13. The molecular formula is C14H15FN6O2S. The summed E-state index contributed by atoms with van der Waals surface area (Å²) in [7, 11) is -3.94. The van der Waals surface area contributed by atoms with Gasteiger partial charge >= 0.3 is 0 Å². The minimum absolute atomic E-state index is 0.0647. The monoisotopic (exact) mass is 350 g/mol. The summed E-state index contributed by atoms with van der Waals surface area (Å²) in [6.45, 7) is 0. The Balaban J connectivity index is 2.24. The number of hydrogen-bond donors (Lipinski definition) is 4. The molecule has 0 saturated heterocycles. The molecule has 0 atom stereocenters. The minimum Gasteiger partial charge on any atom is -0.370 e. The van der Waals surface area contributed by atoms with Gasteiger partial charge in [-0.25, -0.2) is 17.8 Å². The molecule has 0 heterocycles. The van der Waals surface area contributed by atoms with E-state index >= 15 is 0 Å². The molecule has 2 aromatic rings. The zero-order valence-electron chi connectivity index (χ0n) is 12.3. The molecule has 0 amide bonds. The number of anilines is 1. The summed E-state index contributed by atoms with van der Waals surface area (Å²) in [4.78, 5) is 7.36. The van der Waals surface area contributed by atoms with E-state index in [4.69, 9.17) is 17.2 Å².